The van der Waals surface area contributed by atoms with E-state index in [1.165, 1.54) is 12.1 Å². The highest BCUT2D eigenvalue weighted by Crippen LogP contribution is 2.27. The molecule has 1 aromatic carbocycles. The number of rotatable bonds is 4. The molecule has 2 rings (SSSR count). The molecule has 7 heteroatoms. The zero-order valence-electron chi connectivity index (χ0n) is 9.28. The topological polar surface area (TPSA) is 81.2 Å². The van der Waals surface area contributed by atoms with Crippen molar-refractivity contribution >= 4 is 28.3 Å². The van der Waals surface area contributed by atoms with E-state index >= 15 is 0 Å². The molecule has 0 aliphatic carbocycles. The summed E-state index contributed by atoms with van der Waals surface area (Å²) in [5, 5.41) is 23.9. The fourth-order valence-corrected chi connectivity index (χ4v) is 2.39. The molecule has 0 saturated heterocycles. The number of non-ortho nitro benzene ring substituents is 1. The van der Waals surface area contributed by atoms with Crippen LogP contribution < -0.4 is 0 Å². The molecular weight excluding hydrogens is 349 g/mol. The highest BCUT2D eigenvalue weighted by atomic mass is 127. The minimum atomic E-state index is -0.427. The first kappa shape index (κ1) is 13.0. The first-order valence-electron chi connectivity index (χ1n) is 5.20. The van der Waals surface area contributed by atoms with Crippen molar-refractivity contribution in [1.29, 1.82) is 0 Å². The monoisotopic (exact) mass is 359 g/mol. The van der Waals surface area contributed by atoms with Gasteiger partial charge < -0.3 is 5.11 Å². The van der Waals surface area contributed by atoms with Crippen molar-refractivity contribution in [3.63, 3.8) is 0 Å². The quantitative estimate of drug-likeness (QED) is 0.515. The van der Waals surface area contributed by atoms with Gasteiger partial charge in [0.05, 0.1) is 33.5 Å². The Morgan fingerprint density at radius 3 is 2.94 bits per heavy atom. The molecule has 0 radical (unpaired) electrons. The van der Waals surface area contributed by atoms with Crippen molar-refractivity contribution in [2.24, 2.45) is 0 Å². The third kappa shape index (κ3) is 2.51. The van der Waals surface area contributed by atoms with Gasteiger partial charge in [-0.1, -0.05) is 12.1 Å². The lowest BCUT2D eigenvalue weighted by Gasteiger charge is -2.06. The van der Waals surface area contributed by atoms with Gasteiger partial charge in [0.1, 0.15) is 0 Å². The van der Waals surface area contributed by atoms with Crippen molar-refractivity contribution in [3.05, 3.63) is 44.1 Å². The third-order valence-corrected chi connectivity index (χ3v) is 3.23. The van der Waals surface area contributed by atoms with Crippen LogP contribution in [0.3, 0.4) is 0 Å². The van der Waals surface area contributed by atoms with Gasteiger partial charge in [0.15, 0.2) is 0 Å². The van der Waals surface area contributed by atoms with Crippen molar-refractivity contribution in [3.8, 4) is 11.3 Å². The fourth-order valence-electron chi connectivity index (χ4n) is 1.68. The number of nitro groups is 1. The SMILES string of the molecule is O=[N+]([O-])c1cccc(-c2c(I)cnn2CCO)c1. The number of benzene rings is 1. The summed E-state index contributed by atoms with van der Waals surface area (Å²) in [6.45, 7) is 0.334. The van der Waals surface area contributed by atoms with E-state index in [1.54, 1.807) is 23.0 Å². The molecule has 94 valence electrons. The first-order valence-corrected chi connectivity index (χ1v) is 6.28. The first-order chi connectivity index (χ1) is 8.63. The normalized spacial score (nSPS) is 10.6. The number of nitro benzene ring substituents is 1. The van der Waals surface area contributed by atoms with Crippen LogP contribution in [-0.2, 0) is 6.54 Å². The molecule has 1 aromatic heterocycles. The molecule has 0 saturated carbocycles. The number of halogens is 1. The Labute approximate surface area is 117 Å². The number of nitrogens with zero attached hydrogens (tertiary/aromatic N) is 3. The molecule has 0 aliphatic heterocycles. The summed E-state index contributed by atoms with van der Waals surface area (Å²) < 4.78 is 2.53. The van der Waals surface area contributed by atoms with Gasteiger partial charge in [-0.25, -0.2) is 0 Å². The minimum absolute atomic E-state index is 0.0281. The molecule has 0 unspecified atom stereocenters. The maximum atomic E-state index is 10.8. The van der Waals surface area contributed by atoms with Crippen molar-refractivity contribution in [2.75, 3.05) is 6.61 Å². The van der Waals surface area contributed by atoms with Crippen LogP contribution in [0.4, 0.5) is 5.69 Å². The predicted octanol–water partition coefficient (Wildman–Crippen LogP) is 2.06. The number of aliphatic hydroxyl groups is 1. The molecule has 0 atom stereocenters. The molecular formula is C11H10IN3O3. The van der Waals surface area contributed by atoms with Crippen molar-refractivity contribution in [1.82, 2.24) is 9.78 Å². The van der Waals surface area contributed by atoms with E-state index < -0.39 is 4.92 Å². The van der Waals surface area contributed by atoms with E-state index in [9.17, 15) is 10.1 Å². The Hall–Kier alpha value is -1.48. The van der Waals surface area contributed by atoms with Gasteiger partial charge in [-0.3, -0.25) is 14.8 Å². The van der Waals surface area contributed by atoms with E-state index in [1.807, 2.05) is 0 Å². The van der Waals surface area contributed by atoms with Crippen molar-refractivity contribution in [2.45, 2.75) is 6.54 Å². The van der Waals surface area contributed by atoms with Crippen LogP contribution >= 0.6 is 22.6 Å². The fraction of sp³-hybridized carbons (Fsp3) is 0.182. The Morgan fingerprint density at radius 1 is 1.50 bits per heavy atom. The minimum Gasteiger partial charge on any atom is -0.394 e. The third-order valence-electron chi connectivity index (χ3n) is 2.44. The van der Waals surface area contributed by atoms with E-state index in [2.05, 4.69) is 27.7 Å². The van der Waals surface area contributed by atoms with Crippen LogP contribution in [0.1, 0.15) is 0 Å². The predicted molar refractivity (Wildman–Crippen MR) is 74.1 cm³/mol. The summed E-state index contributed by atoms with van der Waals surface area (Å²) in [6, 6.07) is 6.38. The highest BCUT2D eigenvalue weighted by Gasteiger charge is 2.14. The molecule has 6 nitrogen and oxygen atoms in total. The van der Waals surface area contributed by atoms with Crippen LogP contribution in [0.5, 0.6) is 0 Å². The molecule has 0 amide bonds. The number of aliphatic hydroxyl groups excluding tert-OH is 1. The average molecular weight is 359 g/mol. The summed E-state index contributed by atoms with van der Waals surface area (Å²) in [4.78, 5) is 10.3. The van der Waals surface area contributed by atoms with Crippen LogP contribution in [0.25, 0.3) is 11.3 Å². The second kappa shape index (κ2) is 5.44. The second-order valence-electron chi connectivity index (χ2n) is 3.60. The summed E-state index contributed by atoms with van der Waals surface area (Å²) in [6.07, 6.45) is 1.67. The van der Waals surface area contributed by atoms with Gasteiger partial charge in [-0.2, -0.15) is 5.10 Å². The molecule has 0 fully saturated rings. The molecule has 1 heterocycles. The summed E-state index contributed by atoms with van der Waals surface area (Å²) in [5.41, 5.74) is 1.55. The van der Waals surface area contributed by atoms with Crippen LogP contribution in [0.2, 0.25) is 0 Å². The lowest BCUT2D eigenvalue weighted by Crippen LogP contribution is -2.06. The summed E-state index contributed by atoms with van der Waals surface area (Å²) >= 11 is 2.12. The van der Waals surface area contributed by atoms with Crippen molar-refractivity contribution < 1.29 is 10.0 Å². The molecule has 0 aliphatic rings. The molecule has 2 aromatic rings. The van der Waals surface area contributed by atoms with Gasteiger partial charge >= 0.3 is 0 Å². The second-order valence-corrected chi connectivity index (χ2v) is 4.76. The summed E-state index contributed by atoms with van der Waals surface area (Å²) in [5.74, 6) is 0. The zero-order valence-corrected chi connectivity index (χ0v) is 11.4. The van der Waals surface area contributed by atoms with E-state index in [0.717, 1.165) is 14.8 Å². The van der Waals surface area contributed by atoms with E-state index in [-0.39, 0.29) is 12.3 Å². The van der Waals surface area contributed by atoms with Gasteiger partial charge in [0.2, 0.25) is 0 Å². The van der Waals surface area contributed by atoms with Crippen LogP contribution in [0.15, 0.2) is 30.5 Å². The molecule has 1 N–H and O–H groups in total. The van der Waals surface area contributed by atoms with E-state index in [0.29, 0.717) is 6.54 Å². The number of hydrogen-bond donors (Lipinski definition) is 1. The zero-order chi connectivity index (χ0) is 13.1. The largest absolute Gasteiger partial charge is 0.394 e. The Balaban J connectivity index is 2.51. The lowest BCUT2D eigenvalue weighted by molar-refractivity contribution is -0.384. The standard InChI is InChI=1S/C11H10IN3O3/c12-10-7-13-14(4-5-16)11(10)8-2-1-3-9(6-8)15(17)18/h1-3,6-7,16H,4-5H2. The lowest BCUT2D eigenvalue weighted by atomic mass is 10.1. The van der Waals surface area contributed by atoms with E-state index in [4.69, 9.17) is 5.11 Å². The van der Waals surface area contributed by atoms with Gasteiger partial charge in [0.25, 0.3) is 5.69 Å². The van der Waals surface area contributed by atoms with Gasteiger partial charge in [-0.05, 0) is 22.6 Å². The average Bonchev–Trinajstić information content (AvgIpc) is 2.71. The van der Waals surface area contributed by atoms with Crippen LogP contribution in [-0.4, -0.2) is 26.4 Å². The molecule has 0 spiro atoms. The molecule has 0 bridgehead atoms. The van der Waals surface area contributed by atoms with Gasteiger partial charge in [-0.15, -0.1) is 0 Å². The maximum Gasteiger partial charge on any atom is 0.270 e. The smallest absolute Gasteiger partial charge is 0.270 e. The van der Waals surface area contributed by atoms with Gasteiger partial charge in [0, 0.05) is 17.7 Å². The Bertz CT molecular complexity index is 583. The Morgan fingerprint density at radius 2 is 2.28 bits per heavy atom. The Kier molecular flexibility index (Phi) is 3.92. The van der Waals surface area contributed by atoms with Crippen LogP contribution in [0, 0.1) is 13.7 Å². The maximum absolute atomic E-state index is 10.8. The summed E-state index contributed by atoms with van der Waals surface area (Å²) in [7, 11) is 0. The highest BCUT2D eigenvalue weighted by molar-refractivity contribution is 14.1. The number of aromatic nitrogens is 2. The number of hydrogen-bond acceptors (Lipinski definition) is 4. The molecule has 18 heavy (non-hydrogen) atoms.